The first kappa shape index (κ1) is 24.2. The fourth-order valence-corrected chi connectivity index (χ4v) is 1.95. The summed E-state index contributed by atoms with van der Waals surface area (Å²) in [5, 5.41) is 18.6. The second kappa shape index (κ2) is 13.4. The van der Waals surface area contributed by atoms with Gasteiger partial charge >= 0.3 is 23.4 Å². The normalized spacial score (nSPS) is 10.9. The molecule has 0 spiro atoms. The average Bonchev–Trinajstić information content (AvgIpc) is 2.55. The molecule has 0 aliphatic carbocycles. The molecule has 0 fully saturated rings. The van der Waals surface area contributed by atoms with Crippen LogP contribution >= 0.6 is 0 Å². The van der Waals surface area contributed by atoms with E-state index in [9.17, 15) is 10.2 Å². The molecular weight excluding hydrogens is 396 g/mol. The molecule has 1 radical (unpaired) electrons. The van der Waals surface area contributed by atoms with Crippen molar-refractivity contribution in [3.05, 3.63) is 60.7 Å². The zero-order chi connectivity index (χ0) is 19.4. The molecule has 0 aliphatic rings. The van der Waals surface area contributed by atoms with Crippen molar-refractivity contribution in [3.63, 3.8) is 0 Å². The molecule has 0 amide bonds. The third-order valence-electron chi connectivity index (χ3n) is 2.97. The SMILES string of the molecule is CC(=[OH+])CC(O)=[NH+]c1ccccc1.CC(=[OH+])CC(O)=[NH+]c1ccccc1.[Cu]. The van der Waals surface area contributed by atoms with Gasteiger partial charge in [0, 0.05) is 55.2 Å². The first-order valence-corrected chi connectivity index (χ1v) is 8.13. The van der Waals surface area contributed by atoms with Crippen LogP contribution in [0.15, 0.2) is 60.7 Å². The molecule has 6 N–H and O–H groups in total. The predicted molar refractivity (Wildman–Crippen MR) is 104 cm³/mol. The molecule has 2 rings (SSSR count). The Balaban J connectivity index is 0.000000483. The summed E-state index contributed by atoms with van der Waals surface area (Å²) in [6.45, 7) is 3.09. The van der Waals surface area contributed by atoms with Crippen LogP contribution in [0, 0.1) is 0 Å². The van der Waals surface area contributed by atoms with Gasteiger partial charge in [-0.15, -0.1) is 0 Å². The summed E-state index contributed by atoms with van der Waals surface area (Å²) in [4.78, 5) is 23.3. The Hall–Kier alpha value is -2.76. The van der Waals surface area contributed by atoms with Crippen molar-refractivity contribution in [1.82, 2.24) is 0 Å². The van der Waals surface area contributed by atoms with Crippen molar-refractivity contribution in [2.24, 2.45) is 0 Å². The van der Waals surface area contributed by atoms with E-state index in [1.807, 2.05) is 60.7 Å². The standard InChI is InChI=1S/2C10H11NO2.Cu/c2*1-8(12)7-10(13)11-9-5-3-2-4-6-9;/h2*2-6H,7H2,1H3,(H,11,13);/p+4. The van der Waals surface area contributed by atoms with Crippen LogP contribution in [0.5, 0.6) is 0 Å². The topological polar surface area (TPSA) is 111 Å². The van der Waals surface area contributed by atoms with E-state index in [4.69, 9.17) is 9.59 Å². The Labute approximate surface area is 169 Å². The molecular formula is C20H26CuN2O4+4. The van der Waals surface area contributed by atoms with Gasteiger partial charge in [-0.3, -0.25) is 9.59 Å². The van der Waals surface area contributed by atoms with Crippen molar-refractivity contribution in [3.8, 4) is 0 Å². The van der Waals surface area contributed by atoms with E-state index < -0.39 is 0 Å². The van der Waals surface area contributed by atoms with Gasteiger partial charge in [0.05, 0.1) is 0 Å². The summed E-state index contributed by atoms with van der Waals surface area (Å²) < 4.78 is 0. The number of carbonyl (C=O) groups excluding carboxylic acids is 2. The molecule has 27 heavy (non-hydrogen) atoms. The van der Waals surface area contributed by atoms with Crippen LogP contribution in [0.4, 0.5) is 11.4 Å². The van der Waals surface area contributed by atoms with E-state index >= 15 is 0 Å². The Morgan fingerprint density at radius 2 is 1.00 bits per heavy atom. The Morgan fingerprint density at radius 1 is 0.704 bits per heavy atom. The Bertz CT molecular complexity index is 708. The maximum absolute atomic E-state index is 9.30. The fraction of sp³-hybridized carbons (Fsp3) is 0.200. The van der Waals surface area contributed by atoms with Crippen LogP contribution in [-0.2, 0) is 17.1 Å². The molecule has 0 saturated carbocycles. The van der Waals surface area contributed by atoms with Crippen LogP contribution < -0.4 is 9.98 Å². The van der Waals surface area contributed by atoms with Gasteiger partial charge in [0.1, 0.15) is 0 Å². The quantitative estimate of drug-likeness (QED) is 0.237. The number of hydrogen-bond acceptors (Lipinski definition) is 0. The van der Waals surface area contributed by atoms with Gasteiger partial charge in [0.25, 0.3) is 0 Å². The van der Waals surface area contributed by atoms with Gasteiger partial charge in [-0.1, -0.05) is 36.4 Å². The Morgan fingerprint density at radius 3 is 1.26 bits per heavy atom. The monoisotopic (exact) mass is 421 g/mol. The largest absolute Gasteiger partial charge is 0.463 e. The number of para-hydroxylation sites is 2. The van der Waals surface area contributed by atoms with Gasteiger partial charge < -0.3 is 10.2 Å². The maximum atomic E-state index is 9.30. The number of rotatable bonds is 6. The van der Waals surface area contributed by atoms with Crippen LogP contribution in [0.1, 0.15) is 26.7 Å². The van der Waals surface area contributed by atoms with Gasteiger partial charge in [-0.05, 0) is 0 Å². The average molecular weight is 422 g/mol. The van der Waals surface area contributed by atoms with Crippen LogP contribution in [0.2, 0.25) is 0 Å². The molecule has 7 heteroatoms. The molecule has 0 saturated heterocycles. The maximum Gasteiger partial charge on any atom is 0.351 e. The molecule has 0 unspecified atom stereocenters. The number of aliphatic hydroxyl groups excluding tert-OH is 2. The van der Waals surface area contributed by atoms with Crippen LogP contribution in [0.3, 0.4) is 0 Å². The molecule has 0 aromatic heterocycles. The third kappa shape index (κ3) is 12.3. The van der Waals surface area contributed by atoms with Crippen LogP contribution in [-0.4, -0.2) is 43.2 Å². The van der Waals surface area contributed by atoms with E-state index in [2.05, 4.69) is 9.98 Å². The van der Waals surface area contributed by atoms with E-state index in [0.717, 1.165) is 11.4 Å². The number of ketones is 2. The summed E-state index contributed by atoms with van der Waals surface area (Å²) in [6, 6.07) is 18.6. The van der Waals surface area contributed by atoms with E-state index in [-0.39, 0.29) is 53.3 Å². The predicted octanol–water partition coefficient (Wildman–Crippen LogP) is 0.618. The molecule has 6 nitrogen and oxygen atoms in total. The van der Waals surface area contributed by atoms with Crippen molar-refractivity contribution >= 4 is 34.7 Å². The second-order valence-corrected chi connectivity index (χ2v) is 5.70. The van der Waals surface area contributed by atoms with Crippen LogP contribution in [0.25, 0.3) is 0 Å². The second-order valence-electron chi connectivity index (χ2n) is 5.70. The van der Waals surface area contributed by atoms with Gasteiger partial charge in [0.15, 0.2) is 12.8 Å². The van der Waals surface area contributed by atoms with E-state index in [1.54, 1.807) is 13.8 Å². The molecule has 0 aliphatic heterocycles. The summed E-state index contributed by atoms with van der Waals surface area (Å²) in [5.41, 5.74) is 1.61. The minimum Gasteiger partial charge on any atom is -0.463 e. The molecule has 147 valence electrons. The zero-order valence-electron chi connectivity index (χ0n) is 15.3. The number of nitrogens with one attached hydrogen (secondary N) is 2. The van der Waals surface area contributed by atoms with Gasteiger partial charge in [-0.25, -0.2) is 0 Å². The molecule has 2 aromatic rings. The molecule has 2 aromatic carbocycles. The summed E-state index contributed by atoms with van der Waals surface area (Å²) in [7, 11) is 0. The van der Waals surface area contributed by atoms with E-state index in [1.165, 1.54) is 0 Å². The molecule has 0 atom stereocenters. The first-order valence-electron chi connectivity index (χ1n) is 8.13. The van der Waals surface area contributed by atoms with Crippen molar-refractivity contribution in [1.29, 1.82) is 0 Å². The molecule has 0 heterocycles. The zero-order valence-corrected chi connectivity index (χ0v) is 16.2. The van der Waals surface area contributed by atoms with Crippen molar-refractivity contribution < 1.29 is 46.9 Å². The van der Waals surface area contributed by atoms with Gasteiger partial charge in [0.2, 0.25) is 11.4 Å². The summed E-state index contributed by atoms with van der Waals surface area (Å²) in [6.07, 6.45) is 0.323. The minimum absolute atomic E-state index is 0. The van der Waals surface area contributed by atoms with Crippen molar-refractivity contribution in [2.45, 2.75) is 26.7 Å². The smallest absolute Gasteiger partial charge is 0.351 e. The number of hydrogen-bond donors (Lipinski definition) is 4. The summed E-state index contributed by atoms with van der Waals surface area (Å²) >= 11 is 0. The molecule has 0 bridgehead atoms. The fourth-order valence-electron chi connectivity index (χ4n) is 1.95. The summed E-state index contributed by atoms with van der Waals surface area (Å²) in [5.74, 6) is 0.458. The van der Waals surface area contributed by atoms with Gasteiger partial charge in [-0.2, -0.15) is 9.98 Å². The third-order valence-corrected chi connectivity index (χ3v) is 2.97. The van der Waals surface area contributed by atoms with Crippen molar-refractivity contribution in [2.75, 3.05) is 0 Å². The number of aliphatic hydroxyl groups is 2. The first-order chi connectivity index (χ1) is 12.4. The number of benzene rings is 2. The van der Waals surface area contributed by atoms with E-state index in [0.29, 0.717) is 0 Å². The minimum atomic E-state index is 0. The Kier molecular flexibility index (Phi) is 12.1.